The van der Waals surface area contributed by atoms with Crippen molar-refractivity contribution in [3.8, 4) is 11.1 Å². The summed E-state index contributed by atoms with van der Waals surface area (Å²) in [5, 5.41) is 3.81. The van der Waals surface area contributed by atoms with Crippen molar-refractivity contribution in [2.24, 2.45) is 0 Å². The Bertz CT molecular complexity index is 787. The van der Waals surface area contributed by atoms with Gasteiger partial charge in [0.2, 0.25) is 0 Å². The lowest BCUT2D eigenvalue weighted by molar-refractivity contribution is 0.502. The van der Waals surface area contributed by atoms with E-state index in [0.717, 1.165) is 0 Å². The van der Waals surface area contributed by atoms with Crippen molar-refractivity contribution in [1.82, 2.24) is 0 Å². The van der Waals surface area contributed by atoms with Crippen molar-refractivity contribution in [2.45, 2.75) is 31.7 Å². The minimum atomic E-state index is 0.553. The fraction of sp³-hybridized carbons (Fsp3) is 0.208. The van der Waals surface area contributed by atoms with Crippen molar-refractivity contribution >= 4 is 5.69 Å². The lowest BCUT2D eigenvalue weighted by atomic mass is 9.81. The summed E-state index contributed by atoms with van der Waals surface area (Å²) in [6.07, 6.45) is 4.78. The van der Waals surface area contributed by atoms with Gasteiger partial charge in [-0.3, -0.25) is 0 Å². The second-order valence-electron chi connectivity index (χ2n) is 6.80. The second-order valence-corrected chi connectivity index (χ2v) is 6.80. The predicted molar refractivity (Wildman–Crippen MR) is 107 cm³/mol. The molecule has 0 heterocycles. The average molecular weight is 326 g/mol. The summed E-state index contributed by atoms with van der Waals surface area (Å²) >= 11 is 0. The summed E-state index contributed by atoms with van der Waals surface area (Å²) in [4.78, 5) is 0. The van der Waals surface area contributed by atoms with Crippen molar-refractivity contribution in [3.05, 3.63) is 96.4 Å². The zero-order valence-electron chi connectivity index (χ0n) is 14.5. The Labute approximate surface area is 150 Å². The molecule has 0 unspecified atom stereocenters. The van der Waals surface area contributed by atoms with Crippen LogP contribution < -0.4 is 5.32 Å². The topological polar surface area (TPSA) is 12.0 Å². The summed E-state index contributed by atoms with van der Waals surface area (Å²) in [5.41, 5.74) is 5.24. The molecule has 1 fully saturated rings. The Kier molecular flexibility index (Phi) is 4.74. The van der Waals surface area contributed by atoms with E-state index < -0.39 is 0 Å². The van der Waals surface area contributed by atoms with Crippen molar-refractivity contribution in [1.29, 1.82) is 0 Å². The quantitative estimate of drug-likeness (QED) is 0.552. The van der Waals surface area contributed by atoms with Gasteiger partial charge in [0.05, 0.1) is 0 Å². The van der Waals surface area contributed by atoms with Gasteiger partial charge in [0.25, 0.3) is 0 Å². The monoisotopic (exact) mass is 326 g/mol. The number of nitrogens with one attached hydrogen (secondary N) is 1. The zero-order chi connectivity index (χ0) is 16.9. The van der Waals surface area contributed by atoms with E-state index in [-0.39, 0.29) is 0 Å². The van der Waals surface area contributed by atoms with Crippen LogP contribution in [0.4, 0.5) is 5.69 Å². The molecular weight excluding hydrogens is 302 g/mol. The summed E-state index contributed by atoms with van der Waals surface area (Å²) in [5.74, 6) is 1.61. The number of benzene rings is 3. The highest BCUT2D eigenvalue weighted by Gasteiger charge is 2.27. The Balaban J connectivity index is 1.44. The molecule has 0 radical (unpaired) electrons. The van der Waals surface area contributed by atoms with Crippen LogP contribution in [0.15, 0.2) is 84.9 Å². The van der Waals surface area contributed by atoms with Crippen LogP contribution >= 0.6 is 0 Å². The fourth-order valence-corrected chi connectivity index (χ4v) is 3.77. The van der Waals surface area contributed by atoms with Crippen LogP contribution in [0.3, 0.4) is 0 Å². The maximum Gasteiger partial charge on any atom is 0.132 e. The molecule has 0 aromatic heterocycles. The van der Waals surface area contributed by atoms with E-state index in [1.165, 1.54) is 48.1 Å². The molecule has 0 aliphatic heterocycles. The summed E-state index contributed by atoms with van der Waals surface area (Å²) in [6, 6.07) is 30.7. The first-order chi connectivity index (χ1) is 12.4. The minimum absolute atomic E-state index is 0.553. The highest BCUT2D eigenvalue weighted by molar-refractivity contribution is 5.77. The smallest absolute Gasteiger partial charge is 0.132 e. The van der Waals surface area contributed by atoms with Gasteiger partial charge in [0, 0.05) is 48.2 Å². The van der Waals surface area contributed by atoms with Gasteiger partial charge in [-0.05, 0) is 42.7 Å². The lowest BCUT2D eigenvalue weighted by Crippen LogP contribution is -2.26. The van der Waals surface area contributed by atoms with E-state index in [4.69, 9.17) is 0 Å². The summed E-state index contributed by atoms with van der Waals surface area (Å²) < 4.78 is 0. The van der Waals surface area contributed by atoms with E-state index in [1.54, 1.807) is 5.92 Å². The molecule has 1 N–H and O–H groups in total. The Hall–Kier alpha value is -2.67. The Morgan fingerprint density at radius 1 is 0.680 bits per heavy atom. The first-order valence-electron chi connectivity index (χ1n) is 9.21. The molecule has 0 saturated heterocycles. The van der Waals surface area contributed by atoms with Crippen LogP contribution in [0.25, 0.3) is 11.1 Å². The van der Waals surface area contributed by atoms with Gasteiger partial charge in [-0.15, -0.1) is 0 Å². The van der Waals surface area contributed by atoms with E-state index in [1.807, 2.05) is 0 Å². The highest BCUT2D eigenvalue weighted by Crippen LogP contribution is 2.35. The van der Waals surface area contributed by atoms with Gasteiger partial charge in [0.1, 0.15) is 5.56 Å². The highest BCUT2D eigenvalue weighted by atomic mass is 14.9. The summed E-state index contributed by atoms with van der Waals surface area (Å²) in [6.45, 7) is 0. The molecule has 0 spiro atoms. The molecule has 124 valence electrons. The van der Waals surface area contributed by atoms with Crippen molar-refractivity contribution in [3.63, 3.8) is 0 Å². The molecule has 1 heteroatoms. The van der Waals surface area contributed by atoms with Gasteiger partial charge in [-0.2, -0.15) is 0 Å². The third kappa shape index (κ3) is 3.71. The van der Waals surface area contributed by atoms with Crippen molar-refractivity contribution in [2.75, 3.05) is 5.32 Å². The van der Waals surface area contributed by atoms with Crippen LogP contribution in [0.1, 0.15) is 31.2 Å². The van der Waals surface area contributed by atoms with Gasteiger partial charge in [-0.1, -0.05) is 48.5 Å². The molecule has 25 heavy (non-hydrogen) atoms. The molecule has 1 aliphatic rings. The van der Waals surface area contributed by atoms with Gasteiger partial charge < -0.3 is 5.32 Å². The van der Waals surface area contributed by atoms with Gasteiger partial charge in [-0.25, -0.2) is 0 Å². The van der Waals surface area contributed by atoms with Crippen LogP contribution in [-0.2, 0) is 0 Å². The molecule has 4 rings (SSSR count). The Morgan fingerprint density at radius 2 is 1.28 bits per heavy atom. The number of rotatable bonds is 4. The summed E-state index contributed by atoms with van der Waals surface area (Å²) in [7, 11) is 0. The molecule has 1 saturated carbocycles. The van der Waals surface area contributed by atoms with E-state index in [9.17, 15) is 0 Å². The zero-order valence-corrected chi connectivity index (χ0v) is 14.5. The van der Waals surface area contributed by atoms with E-state index >= 15 is 0 Å². The third-order valence-corrected chi connectivity index (χ3v) is 5.14. The first-order valence-corrected chi connectivity index (χ1v) is 9.21. The third-order valence-electron chi connectivity index (χ3n) is 5.14. The van der Waals surface area contributed by atoms with Crippen LogP contribution in [-0.4, -0.2) is 6.04 Å². The normalized spacial score (nSPS) is 15.1. The van der Waals surface area contributed by atoms with Crippen LogP contribution in [0.2, 0.25) is 0 Å². The largest absolute Gasteiger partial charge is 0.382 e. The molecular formula is C24H24N+. The second kappa shape index (κ2) is 7.48. The molecule has 1 aliphatic carbocycles. The predicted octanol–water partition coefficient (Wildman–Crippen LogP) is 6.33. The SMILES string of the molecule is c1ccc(-c2ccccc2NC2CC[C+](c3ccccc3)CC2)cc1. The van der Waals surface area contributed by atoms with E-state index in [2.05, 4.69) is 90.2 Å². The molecule has 0 amide bonds. The molecule has 0 bridgehead atoms. The van der Waals surface area contributed by atoms with Crippen molar-refractivity contribution < 1.29 is 0 Å². The minimum Gasteiger partial charge on any atom is -0.382 e. The number of hydrogen-bond donors (Lipinski definition) is 1. The average Bonchev–Trinajstić information content (AvgIpc) is 2.70. The van der Waals surface area contributed by atoms with Crippen LogP contribution in [0.5, 0.6) is 0 Å². The van der Waals surface area contributed by atoms with Gasteiger partial charge in [0.15, 0.2) is 0 Å². The standard InChI is InChI=1S/C24H24N/c1-3-9-19(10-4-1)20-15-17-22(18-16-20)25-24-14-8-7-13-23(24)21-11-5-2-6-12-21/h1-14,22,25H,15-18H2/q+1. The fourth-order valence-electron chi connectivity index (χ4n) is 3.77. The molecule has 3 aromatic rings. The number of para-hydroxylation sites is 1. The lowest BCUT2D eigenvalue weighted by Gasteiger charge is -2.27. The first kappa shape index (κ1) is 15.8. The van der Waals surface area contributed by atoms with Gasteiger partial charge >= 0.3 is 0 Å². The number of anilines is 1. The van der Waals surface area contributed by atoms with E-state index in [0.29, 0.717) is 6.04 Å². The maximum absolute atomic E-state index is 3.81. The molecule has 3 aromatic carbocycles. The Morgan fingerprint density at radius 3 is 2.00 bits per heavy atom. The molecule has 0 atom stereocenters. The molecule has 1 nitrogen and oxygen atoms in total. The maximum atomic E-state index is 3.81. The van der Waals surface area contributed by atoms with Crippen LogP contribution in [0, 0.1) is 5.92 Å². The number of hydrogen-bond acceptors (Lipinski definition) is 1.